The molecule has 2 aliphatic carbocycles. The van der Waals surface area contributed by atoms with Crippen molar-refractivity contribution in [2.24, 2.45) is 21.7 Å². The van der Waals surface area contributed by atoms with Crippen LogP contribution < -0.4 is 9.47 Å². The van der Waals surface area contributed by atoms with Gasteiger partial charge in [0.2, 0.25) is 0 Å². The van der Waals surface area contributed by atoms with Crippen LogP contribution >= 0.6 is 11.6 Å². The average molecular weight is 486 g/mol. The van der Waals surface area contributed by atoms with E-state index in [0.717, 1.165) is 36.2 Å². The van der Waals surface area contributed by atoms with Crippen LogP contribution in [0.25, 0.3) is 0 Å². The standard InChI is InChI=1S/C28H36ClNO4/c1-7-9-34-26-17(29)10-16(11-22(26)33-8-2)23-24-18(12-27(3,4)14-20(24)31)30-19-13-28(5,6)15-21(32)25(19)23/h10-11,23-24H,7-9,12-15H2,1-6H3/t23-,24?/m1/s1. The number of aliphatic imine (C=N–C) groups is 1. The van der Waals surface area contributed by atoms with Crippen molar-refractivity contribution in [2.45, 2.75) is 79.6 Å². The lowest BCUT2D eigenvalue weighted by Crippen LogP contribution is -2.45. The molecular weight excluding hydrogens is 450 g/mol. The molecule has 0 bridgehead atoms. The number of benzene rings is 1. The van der Waals surface area contributed by atoms with Crippen molar-refractivity contribution >= 4 is 28.9 Å². The maximum atomic E-state index is 13.5. The molecule has 0 amide bonds. The zero-order valence-corrected chi connectivity index (χ0v) is 22.0. The number of fused-ring (bicyclic) bond motifs is 1. The predicted octanol–water partition coefficient (Wildman–Crippen LogP) is 6.71. The van der Waals surface area contributed by atoms with E-state index in [4.69, 9.17) is 26.1 Å². The maximum Gasteiger partial charge on any atom is 0.179 e. The summed E-state index contributed by atoms with van der Waals surface area (Å²) in [5.41, 5.74) is 2.94. The van der Waals surface area contributed by atoms with Gasteiger partial charge in [-0.2, -0.15) is 0 Å². The number of hydrogen-bond acceptors (Lipinski definition) is 5. The highest BCUT2D eigenvalue weighted by Crippen LogP contribution is 2.53. The summed E-state index contributed by atoms with van der Waals surface area (Å²) in [4.78, 5) is 32.0. The fourth-order valence-corrected chi connectivity index (χ4v) is 6.02. The van der Waals surface area contributed by atoms with Gasteiger partial charge in [0.05, 0.1) is 24.2 Å². The van der Waals surface area contributed by atoms with E-state index in [2.05, 4.69) is 27.7 Å². The number of carbonyl (C=O) groups excluding carboxylic acids is 2. The minimum atomic E-state index is -0.440. The number of nitrogens with zero attached hydrogens (tertiary/aromatic N) is 1. The van der Waals surface area contributed by atoms with Crippen LogP contribution in [0.15, 0.2) is 28.4 Å². The van der Waals surface area contributed by atoms with Gasteiger partial charge in [0.1, 0.15) is 5.78 Å². The van der Waals surface area contributed by atoms with E-state index in [1.54, 1.807) is 0 Å². The minimum Gasteiger partial charge on any atom is -0.490 e. The number of carbonyl (C=O) groups is 2. The van der Waals surface area contributed by atoms with Crippen LogP contribution in [0.4, 0.5) is 0 Å². The number of ether oxygens (including phenoxy) is 2. The summed E-state index contributed by atoms with van der Waals surface area (Å²) in [5.74, 6) is 0.454. The number of allylic oxidation sites excluding steroid dienone is 2. The molecule has 1 aliphatic heterocycles. The maximum absolute atomic E-state index is 13.5. The number of Topliss-reactive ketones (excluding diaryl/α,β-unsaturated/α-hetero) is 2. The number of rotatable bonds is 6. The lowest BCUT2D eigenvalue weighted by molar-refractivity contribution is -0.124. The van der Waals surface area contributed by atoms with E-state index in [9.17, 15) is 9.59 Å². The van der Waals surface area contributed by atoms with E-state index in [1.165, 1.54) is 0 Å². The third-order valence-corrected chi connectivity index (χ3v) is 7.26. The Morgan fingerprint density at radius 1 is 0.971 bits per heavy atom. The summed E-state index contributed by atoms with van der Waals surface area (Å²) < 4.78 is 11.8. The van der Waals surface area contributed by atoms with Crippen LogP contribution in [-0.4, -0.2) is 30.5 Å². The summed E-state index contributed by atoms with van der Waals surface area (Å²) in [6, 6.07) is 3.77. The summed E-state index contributed by atoms with van der Waals surface area (Å²) in [6.45, 7) is 13.4. The first-order valence-corrected chi connectivity index (χ1v) is 12.8. The highest BCUT2D eigenvalue weighted by molar-refractivity contribution is 6.32. The van der Waals surface area contributed by atoms with Crippen molar-refractivity contribution in [3.63, 3.8) is 0 Å². The Balaban J connectivity index is 1.90. The van der Waals surface area contributed by atoms with Gasteiger partial charge in [-0.3, -0.25) is 14.6 Å². The van der Waals surface area contributed by atoms with Crippen LogP contribution in [0.2, 0.25) is 5.02 Å². The minimum absolute atomic E-state index is 0.0806. The molecule has 2 atom stereocenters. The van der Waals surface area contributed by atoms with Crippen LogP contribution in [0.5, 0.6) is 11.5 Å². The highest BCUT2D eigenvalue weighted by Gasteiger charge is 2.50. The SMILES string of the molecule is CCCOc1c(Cl)cc([C@H]2C3=C(CC(C)(C)CC3=O)N=C3CC(C)(C)CC(=O)C32)cc1OCC. The second kappa shape index (κ2) is 9.14. The number of ketones is 2. The van der Waals surface area contributed by atoms with Crippen molar-refractivity contribution in [1.82, 2.24) is 0 Å². The van der Waals surface area contributed by atoms with Gasteiger partial charge in [-0.15, -0.1) is 0 Å². The molecule has 0 N–H and O–H groups in total. The quantitative estimate of drug-likeness (QED) is 0.449. The molecule has 6 heteroatoms. The van der Waals surface area contributed by atoms with E-state index >= 15 is 0 Å². The fourth-order valence-electron chi connectivity index (χ4n) is 5.75. The largest absolute Gasteiger partial charge is 0.490 e. The van der Waals surface area contributed by atoms with Gasteiger partial charge in [0.25, 0.3) is 0 Å². The molecule has 1 fully saturated rings. The molecule has 3 aliphatic rings. The van der Waals surface area contributed by atoms with E-state index in [-0.39, 0.29) is 22.4 Å². The van der Waals surface area contributed by atoms with Gasteiger partial charge in [-0.05, 0) is 54.7 Å². The van der Waals surface area contributed by atoms with Gasteiger partial charge >= 0.3 is 0 Å². The summed E-state index contributed by atoms with van der Waals surface area (Å²) in [7, 11) is 0. The first-order chi connectivity index (χ1) is 16.0. The Labute approximate surface area is 208 Å². The first kappa shape index (κ1) is 25.0. The van der Waals surface area contributed by atoms with Gasteiger partial charge in [0, 0.05) is 35.7 Å². The van der Waals surface area contributed by atoms with Gasteiger partial charge in [-0.25, -0.2) is 0 Å². The summed E-state index contributed by atoms with van der Waals surface area (Å²) >= 11 is 6.72. The molecule has 1 saturated carbocycles. The molecule has 1 aromatic rings. The predicted molar refractivity (Wildman–Crippen MR) is 135 cm³/mol. The molecule has 1 heterocycles. The van der Waals surface area contributed by atoms with Crippen LogP contribution in [-0.2, 0) is 9.59 Å². The Kier molecular flexibility index (Phi) is 6.71. The van der Waals surface area contributed by atoms with Crippen molar-refractivity contribution in [3.8, 4) is 11.5 Å². The molecule has 5 nitrogen and oxygen atoms in total. The molecule has 0 saturated heterocycles. The van der Waals surface area contributed by atoms with E-state index in [0.29, 0.717) is 48.2 Å². The molecule has 0 spiro atoms. The van der Waals surface area contributed by atoms with Gasteiger partial charge in [-0.1, -0.05) is 46.2 Å². The monoisotopic (exact) mass is 485 g/mol. The molecule has 0 aromatic heterocycles. The third kappa shape index (κ3) is 4.68. The number of halogens is 1. The average Bonchev–Trinajstić information content (AvgIpc) is 2.70. The zero-order valence-electron chi connectivity index (χ0n) is 21.2. The molecule has 34 heavy (non-hydrogen) atoms. The van der Waals surface area contributed by atoms with E-state index < -0.39 is 11.8 Å². The van der Waals surface area contributed by atoms with Crippen LogP contribution in [0.3, 0.4) is 0 Å². The lowest BCUT2D eigenvalue weighted by Gasteiger charge is -2.44. The Hall–Kier alpha value is -2.14. The number of hydrogen-bond donors (Lipinski definition) is 0. The van der Waals surface area contributed by atoms with Gasteiger partial charge in [0.15, 0.2) is 17.3 Å². The third-order valence-electron chi connectivity index (χ3n) is 6.98. The molecule has 1 aromatic carbocycles. The molecule has 1 unspecified atom stereocenters. The smallest absolute Gasteiger partial charge is 0.179 e. The first-order valence-electron chi connectivity index (χ1n) is 12.4. The van der Waals surface area contributed by atoms with Crippen molar-refractivity contribution in [2.75, 3.05) is 13.2 Å². The zero-order chi connectivity index (χ0) is 24.8. The van der Waals surface area contributed by atoms with E-state index in [1.807, 2.05) is 26.0 Å². The molecule has 184 valence electrons. The topological polar surface area (TPSA) is 65.0 Å². The van der Waals surface area contributed by atoms with Crippen LogP contribution in [0.1, 0.15) is 85.1 Å². The van der Waals surface area contributed by atoms with Gasteiger partial charge < -0.3 is 9.47 Å². The Morgan fingerprint density at radius 2 is 1.68 bits per heavy atom. The summed E-state index contributed by atoms with van der Waals surface area (Å²) in [6.07, 6.45) is 3.23. The fraction of sp³-hybridized carbons (Fsp3) is 0.607. The molecule has 0 radical (unpaired) electrons. The van der Waals surface area contributed by atoms with Crippen molar-refractivity contribution in [1.29, 1.82) is 0 Å². The second-order valence-corrected chi connectivity index (χ2v) is 11.9. The van der Waals surface area contributed by atoms with Crippen molar-refractivity contribution in [3.05, 3.63) is 34.0 Å². The summed E-state index contributed by atoms with van der Waals surface area (Å²) in [5, 5.41) is 0.438. The normalized spacial score (nSPS) is 25.4. The molecular formula is C28H36ClNO4. The molecule has 4 rings (SSSR count). The Bertz CT molecular complexity index is 1080. The Morgan fingerprint density at radius 3 is 2.35 bits per heavy atom. The second-order valence-electron chi connectivity index (χ2n) is 11.5. The lowest BCUT2D eigenvalue weighted by atomic mass is 9.60. The highest BCUT2D eigenvalue weighted by atomic mass is 35.5. The van der Waals surface area contributed by atoms with Crippen LogP contribution in [0, 0.1) is 16.7 Å². The van der Waals surface area contributed by atoms with Crippen molar-refractivity contribution < 1.29 is 19.1 Å².